The Morgan fingerprint density at radius 1 is 0.971 bits per heavy atom. The second kappa shape index (κ2) is 10.8. The van der Waals surface area contributed by atoms with E-state index in [1.165, 1.54) is 23.0 Å². The summed E-state index contributed by atoms with van der Waals surface area (Å²) in [5.74, 6) is 2.03. The van der Waals surface area contributed by atoms with Gasteiger partial charge in [0, 0.05) is 43.6 Å². The number of methoxy groups -OCH3 is 1. The molecule has 1 fully saturated rings. The highest BCUT2D eigenvalue weighted by Gasteiger charge is 2.19. The number of rotatable bonds is 7. The first-order chi connectivity index (χ1) is 16.4. The lowest BCUT2D eigenvalue weighted by Gasteiger charge is -2.36. The molecule has 0 saturated carbocycles. The van der Waals surface area contributed by atoms with Crippen molar-refractivity contribution >= 4 is 34.9 Å². The summed E-state index contributed by atoms with van der Waals surface area (Å²) < 4.78 is 5.25. The van der Waals surface area contributed by atoms with E-state index in [2.05, 4.69) is 56.3 Å². The first kappa shape index (κ1) is 23.9. The molecule has 178 valence electrons. The summed E-state index contributed by atoms with van der Waals surface area (Å²) in [5, 5.41) is 3.86. The summed E-state index contributed by atoms with van der Waals surface area (Å²) in [7, 11) is 1.68. The van der Waals surface area contributed by atoms with Gasteiger partial charge in [-0.3, -0.25) is 4.79 Å². The SMILES string of the molecule is COc1ccc(N2CCN(c3cc(SCC(=O)Nc4c(C)cc(C)cc4C)ncn3)CC2)cc1. The Kier molecular flexibility index (Phi) is 7.57. The third kappa shape index (κ3) is 5.80. The second-order valence-electron chi connectivity index (χ2n) is 8.50. The fourth-order valence-corrected chi connectivity index (χ4v) is 4.92. The number of aromatic nitrogens is 2. The lowest BCUT2D eigenvalue weighted by atomic mass is 10.1. The molecule has 0 bridgehead atoms. The number of nitrogens with one attached hydrogen (secondary N) is 1. The van der Waals surface area contributed by atoms with Crippen LogP contribution in [-0.4, -0.2) is 54.9 Å². The maximum atomic E-state index is 12.6. The van der Waals surface area contributed by atoms with Gasteiger partial charge in [-0.05, 0) is 56.2 Å². The van der Waals surface area contributed by atoms with Crippen molar-refractivity contribution in [3.05, 3.63) is 65.5 Å². The lowest BCUT2D eigenvalue weighted by molar-refractivity contribution is -0.113. The normalized spacial score (nSPS) is 13.6. The van der Waals surface area contributed by atoms with Gasteiger partial charge >= 0.3 is 0 Å². The number of aryl methyl sites for hydroxylation is 3. The molecule has 34 heavy (non-hydrogen) atoms. The zero-order valence-corrected chi connectivity index (χ0v) is 21.0. The molecule has 7 nitrogen and oxygen atoms in total. The number of anilines is 3. The number of carbonyl (C=O) groups is 1. The maximum Gasteiger partial charge on any atom is 0.234 e. The quantitative estimate of drug-likeness (QED) is 0.398. The summed E-state index contributed by atoms with van der Waals surface area (Å²) >= 11 is 1.43. The highest BCUT2D eigenvalue weighted by molar-refractivity contribution is 7.99. The Morgan fingerprint density at radius 3 is 2.26 bits per heavy atom. The smallest absolute Gasteiger partial charge is 0.234 e. The largest absolute Gasteiger partial charge is 0.497 e. The number of ether oxygens (including phenoxy) is 1. The van der Waals surface area contributed by atoms with Gasteiger partial charge in [-0.15, -0.1) is 0 Å². The van der Waals surface area contributed by atoms with Gasteiger partial charge in [0.15, 0.2) is 0 Å². The van der Waals surface area contributed by atoms with Gasteiger partial charge in [0.25, 0.3) is 0 Å². The summed E-state index contributed by atoms with van der Waals surface area (Å²) in [6.07, 6.45) is 1.58. The van der Waals surface area contributed by atoms with Crippen LogP contribution in [0.3, 0.4) is 0 Å². The van der Waals surface area contributed by atoms with Gasteiger partial charge in [-0.2, -0.15) is 0 Å². The molecule has 3 aromatic rings. The standard InChI is InChI=1S/C26H31N5O2S/c1-18-13-19(2)26(20(3)14-18)29-24(32)16-34-25-15-23(27-17-28-25)31-11-9-30(10-12-31)21-5-7-22(33-4)8-6-21/h5-8,13-15,17H,9-12,16H2,1-4H3,(H,29,32). The highest BCUT2D eigenvalue weighted by Crippen LogP contribution is 2.25. The molecule has 8 heteroatoms. The van der Waals surface area contributed by atoms with Crippen LogP contribution in [0.5, 0.6) is 5.75 Å². The molecule has 0 aliphatic carbocycles. The number of nitrogens with zero attached hydrogens (tertiary/aromatic N) is 4. The minimum absolute atomic E-state index is 0.0340. The van der Waals surface area contributed by atoms with E-state index in [1.807, 2.05) is 32.0 Å². The van der Waals surface area contributed by atoms with Crippen LogP contribution in [0, 0.1) is 20.8 Å². The van der Waals surface area contributed by atoms with Crippen LogP contribution < -0.4 is 19.9 Å². The Hall–Kier alpha value is -3.26. The number of hydrogen-bond acceptors (Lipinski definition) is 7. The molecule has 1 amide bonds. The van der Waals surface area contributed by atoms with E-state index in [4.69, 9.17) is 4.74 Å². The number of piperazine rings is 1. The Balaban J connectivity index is 1.31. The molecular formula is C26H31N5O2S. The van der Waals surface area contributed by atoms with E-state index in [9.17, 15) is 4.79 Å². The van der Waals surface area contributed by atoms with E-state index in [0.29, 0.717) is 5.75 Å². The molecule has 2 heterocycles. The monoisotopic (exact) mass is 477 g/mol. The van der Waals surface area contributed by atoms with Crippen molar-refractivity contribution in [2.24, 2.45) is 0 Å². The van der Waals surface area contributed by atoms with Gasteiger partial charge in [0.1, 0.15) is 22.9 Å². The van der Waals surface area contributed by atoms with Crippen molar-refractivity contribution in [1.82, 2.24) is 9.97 Å². The Bertz CT molecular complexity index is 1120. The second-order valence-corrected chi connectivity index (χ2v) is 9.49. The molecule has 1 N–H and O–H groups in total. The van der Waals surface area contributed by atoms with E-state index < -0.39 is 0 Å². The van der Waals surface area contributed by atoms with E-state index in [0.717, 1.165) is 59.6 Å². The van der Waals surface area contributed by atoms with Gasteiger partial charge in [0.05, 0.1) is 12.9 Å². The molecule has 1 aliphatic heterocycles. The minimum Gasteiger partial charge on any atom is -0.497 e. The molecule has 0 spiro atoms. The van der Waals surface area contributed by atoms with Crippen LogP contribution in [0.1, 0.15) is 16.7 Å². The Morgan fingerprint density at radius 2 is 1.62 bits per heavy atom. The van der Waals surface area contributed by atoms with Gasteiger partial charge in [-0.1, -0.05) is 29.5 Å². The van der Waals surface area contributed by atoms with Crippen LogP contribution >= 0.6 is 11.8 Å². The summed E-state index contributed by atoms with van der Waals surface area (Å²) in [6, 6.07) is 14.3. The number of hydrogen-bond donors (Lipinski definition) is 1. The molecule has 1 saturated heterocycles. The number of thioether (sulfide) groups is 1. The Labute approximate surface area is 205 Å². The van der Waals surface area contributed by atoms with E-state index in [1.54, 1.807) is 13.4 Å². The fraction of sp³-hybridized carbons (Fsp3) is 0.346. The zero-order valence-electron chi connectivity index (χ0n) is 20.2. The predicted molar refractivity (Wildman–Crippen MR) is 139 cm³/mol. The predicted octanol–water partition coefficient (Wildman–Crippen LogP) is 4.47. The fourth-order valence-electron chi connectivity index (χ4n) is 4.26. The first-order valence-electron chi connectivity index (χ1n) is 11.4. The van der Waals surface area contributed by atoms with E-state index in [-0.39, 0.29) is 5.91 Å². The number of carbonyl (C=O) groups excluding carboxylic acids is 1. The third-order valence-corrected chi connectivity index (χ3v) is 6.89. The third-order valence-electron chi connectivity index (χ3n) is 5.96. The molecule has 0 unspecified atom stereocenters. The van der Waals surface area contributed by atoms with Crippen molar-refractivity contribution in [1.29, 1.82) is 0 Å². The first-order valence-corrected chi connectivity index (χ1v) is 12.4. The molecule has 0 atom stereocenters. The van der Waals surface area contributed by atoms with Gasteiger partial charge < -0.3 is 19.9 Å². The average Bonchev–Trinajstić information content (AvgIpc) is 2.85. The van der Waals surface area contributed by atoms with Crippen LogP contribution in [0.2, 0.25) is 0 Å². The maximum absolute atomic E-state index is 12.6. The van der Waals surface area contributed by atoms with Crippen LogP contribution in [0.15, 0.2) is 53.8 Å². The molecule has 1 aliphatic rings. The molecule has 4 rings (SSSR count). The number of benzene rings is 2. The van der Waals surface area contributed by atoms with Gasteiger partial charge in [-0.25, -0.2) is 9.97 Å². The average molecular weight is 478 g/mol. The van der Waals surface area contributed by atoms with Crippen molar-refractivity contribution in [2.75, 3.05) is 54.2 Å². The topological polar surface area (TPSA) is 70.6 Å². The van der Waals surface area contributed by atoms with Gasteiger partial charge in [0.2, 0.25) is 5.91 Å². The van der Waals surface area contributed by atoms with Crippen LogP contribution in [0.25, 0.3) is 0 Å². The highest BCUT2D eigenvalue weighted by atomic mass is 32.2. The summed E-state index contributed by atoms with van der Waals surface area (Å²) in [5.41, 5.74) is 5.45. The molecular weight excluding hydrogens is 446 g/mol. The van der Waals surface area contributed by atoms with Crippen molar-refractivity contribution in [2.45, 2.75) is 25.8 Å². The summed E-state index contributed by atoms with van der Waals surface area (Å²) in [6.45, 7) is 9.68. The van der Waals surface area contributed by atoms with E-state index >= 15 is 0 Å². The van der Waals surface area contributed by atoms with Crippen LogP contribution in [0.4, 0.5) is 17.2 Å². The molecule has 0 radical (unpaired) electrons. The van der Waals surface area contributed by atoms with Crippen molar-refractivity contribution < 1.29 is 9.53 Å². The number of amides is 1. The molecule has 1 aromatic heterocycles. The molecule has 2 aromatic carbocycles. The lowest BCUT2D eigenvalue weighted by Crippen LogP contribution is -2.46. The zero-order chi connectivity index (χ0) is 24.1. The minimum atomic E-state index is -0.0340. The van der Waals surface area contributed by atoms with Crippen LogP contribution in [-0.2, 0) is 4.79 Å². The van der Waals surface area contributed by atoms with Crippen molar-refractivity contribution in [3.63, 3.8) is 0 Å². The summed E-state index contributed by atoms with van der Waals surface area (Å²) in [4.78, 5) is 26.0. The van der Waals surface area contributed by atoms with Crippen molar-refractivity contribution in [3.8, 4) is 5.75 Å².